The molecule has 3 heterocycles. The highest BCUT2D eigenvalue weighted by atomic mass is 32.2. The molecule has 0 unspecified atom stereocenters. The van der Waals surface area contributed by atoms with E-state index in [2.05, 4.69) is 19.7 Å². The van der Waals surface area contributed by atoms with Crippen LogP contribution in [0.3, 0.4) is 0 Å². The van der Waals surface area contributed by atoms with Gasteiger partial charge in [-0.2, -0.15) is 9.97 Å². The smallest absolute Gasteiger partial charge is 0.296 e. The third-order valence-electron chi connectivity index (χ3n) is 6.32. The summed E-state index contributed by atoms with van der Waals surface area (Å²) in [5.41, 5.74) is 0.955. The summed E-state index contributed by atoms with van der Waals surface area (Å²) < 4.78 is 66.7. The van der Waals surface area contributed by atoms with Gasteiger partial charge >= 0.3 is 0 Å². The molecule has 36 heavy (non-hydrogen) atoms. The van der Waals surface area contributed by atoms with Crippen LogP contribution in [0.4, 0.5) is 14.7 Å². The summed E-state index contributed by atoms with van der Waals surface area (Å²) in [5, 5.41) is 0. The minimum absolute atomic E-state index is 0.129. The highest BCUT2D eigenvalue weighted by Gasteiger charge is 2.27. The Morgan fingerprint density at radius 2 is 1.81 bits per heavy atom. The Morgan fingerprint density at radius 1 is 1.08 bits per heavy atom. The number of nitrogens with one attached hydrogen (secondary N) is 1. The second-order valence-corrected chi connectivity index (χ2v) is 10.8. The van der Waals surface area contributed by atoms with Gasteiger partial charge in [-0.3, -0.25) is 4.57 Å². The molecule has 0 atom stereocenters. The summed E-state index contributed by atoms with van der Waals surface area (Å²) in [7, 11) is -3.28. The molecule has 1 aliphatic carbocycles. The molecule has 1 saturated carbocycles. The van der Waals surface area contributed by atoms with E-state index < -0.39 is 22.3 Å². The van der Waals surface area contributed by atoms with Gasteiger partial charge in [-0.1, -0.05) is 12.1 Å². The Kier molecular flexibility index (Phi) is 7.04. The fourth-order valence-electron chi connectivity index (χ4n) is 4.68. The van der Waals surface area contributed by atoms with Gasteiger partial charge in [0.05, 0.1) is 30.5 Å². The summed E-state index contributed by atoms with van der Waals surface area (Å²) in [4.78, 5) is 15.3. The Bertz CT molecular complexity index is 1320. The monoisotopic (exact) mass is 522 g/mol. The molecule has 2 aliphatic rings. The molecule has 1 aliphatic heterocycles. The third kappa shape index (κ3) is 5.57. The molecular weight excluding hydrogens is 494 g/mol. The van der Waals surface area contributed by atoms with Crippen LogP contribution in [0.1, 0.15) is 37.9 Å². The van der Waals surface area contributed by atoms with E-state index in [1.165, 1.54) is 4.57 Å². The number of para-hydroxylation sites is 2. The van der Waals surface area contributed by atoms with Crippen molar-refractivity contribution in [2.75, 3.05) is 37.5 Å². The molecule has 194 valence electrons. The molecule has 0 amide bonds. The normalized spacial score (nSPS) is 21.3. The average molecular weight is 523 g/mol. The van der Waals surface area contributed by atoms with E-state index in [4.69, 9.17) is 9.47 Å². The van der Waals surface area contributed by atoms with Crippen molar-refractivity contribution >= 4 is 27.0 Å². The summed E-state index contributed by atoms with van der Waals surface area (Å²) in [6.45, 7) is 2.16. The van der Waals surface area contributed by atoms with E-state index >= 15 is 0 Å². The first-order chi connectivity index (χ1) is 17.3. The van der Waals surface area contributed by atoms with Gasteiger partial charge in [0, 0.05) is 25.2 Å². The Labute approximate surface area is 207 Å². The Hall–Kier alpha value is -2.90. The van der Waals surface area contributed by atoms with Crippen LogP contribution in [0.2, 0.25) is 0 Å². The molecule has 2 fully saturated rings. The Balaban J connectivity index is 1.48. The van der Waals surface area contributed by atoms with E-state index in [1.54, 1.807) is 30.3 Å². The molecule has 10 nitrogen and oxygen atoms in total. The summed E-state index contributed by atoms with van der Waals surface area (Å²) in [5.74, 6) is 0.495. The van der Waals surface area contributed by atoms with Crippen LogP contribution in [0, 0.1) is 0 Å². The summed E-state index contributed by atoms with van der Waals surface area (Å²) in [6, 6.07) is 8.35. The first kappa shape index (κ1) is 24.8. The second kappa shape index (κ2) is 10.2. The van der Waals surface area contributed by atoms with E-state index in [0.29, 0.717) is 69.0 Å². The minimum atomic E-state index is -3.28. The van der Waals surface area contributed by atoms with Crippen molar-refractivity contribution < 1.29 is 26.7 Å². The molecule has 5 rings (SSSR count). The number of fused-ring (bicyclic) bond motifs is 1. The number of morpholine rings is 1. The number of benzene rings is 1. The van der Waals surface area contributed by atoms with Gasteiger partial charge in [0.25, 0.3) is 6.43 Å². The molecule has 1 aromatic carbocycles. The SMILES string of the molecule is CS(=O)(=O)NC1CCC(Oc2cc(-n3c(C(F)F)nc4ccccc43)nc(N3CCOCC3)n2)CC1. The van der Waals surface area contributed by atoms with Crippen LogP contribution in [0.5, 0.6) is 5.88 Å². The summed E-state index contributed by atoms with van der Waals surface area (Å²) in [6.07, 6.45) is 0.698. The number of alkyl halides is 2. The number of sulfonamides is 1. The van der Waals surface area contributed by atoms with Gasteiger partial charge in [-0.25, -0.2) is 26.9 Å². The fourth-order valence-corrected chi connectivity index (χ4v) is 5.53. The van der Waals surface area contributed by atoms with Crippen molar-refractivity contribution in [3.8, 4) is 11.7 Å². The maximum atomic E-state index is 14.0. The third-order valence-corrected chi connectivity index (χ3v) is 7.09. The second-order valence-electron chi connectivity index (χ2n) is 9.04. The number of hydrogen-bond donors (Lipinski definition) is 1. The van der Waals surface area contributed by atoms with Gasteiger partial charge in [0.15, 0.2) is 5.82 Å². The van der Waals surface area contributed by atoms with Crippen LogP contribution in [0.15, 0.2) is 30.3 Å². The quantitative estimate of drug-likeness (QED) is 0.504. The molecule has 2 aromatic heterocycles. The molecule has 13 heteroatoms. The van der Waals surface area contributed by atoms with E-state index in [0.717, 1.165) is 6.26 Å². The zero-order valence-electron chi connectivity index (χ0n) is 19.8. The number of imidazole rings is 1. The molecule has 1 N–H and O–H groups in total. The van der Waals surface area contributed by atoms with Crippen molar-refractivity contribution in [1.29, 1.82) is 0 Å². The van der Waals surface area contributed by atoms with Gasteiger partial charge in [-0.15, -0.1) is 0 Å². The summed E-state index contributed by atoms with van der Waals surface area (Å²) >= 11 is 0. The van der Waals surface area contributed by atoms with Crippen LogP contribution < -0.4 is 14.4 Å². The number of anilines is 1. The maximum Gasteiger partial charge on any atom is 0.296 e. The number of rotatable bonds is 7. The molecule has 3 aromatic rings. The van der Waals surface area contributed by atoms with Crippen LogP contribution in [-0.2, 0) is 14.8 Å². The number of nitrogens with zero attached hydrogens (tertiary/aromatic N) is 5. The zero-order chi connectivity index (χ0) is 25.3. The number of aromatic nitrogens is 4. The van der Waals surface area contributed by atoms with Crippen molar-refractivity contribution in [1.82, 2.24) is 24.2 Å². The van der Waals surface area contributed by atoms with Gasteiger partial charge < -0.3 is 14.4 Å². The zero-order valence-corrected chi connectivity index (χ0v) is 20.6. The molecule has 1 saturated heterocycles. The number of halogens is 2. The molecule has 0 radical (unpaired) electrons. The maximum absolute atomic E-state index is 14.0. The van der Waals surface area contributed by atoms with Crippen LogP contribution >= 0.6 is 0 Å². The highest BCUT2D eigenvalue weighted by molar-refractivity contribution is 7.88. The largest absolute Gasteiger partial charge is 0.474 e. The van der Waals surface area contributed by atoms with Gasteiger partial charge in [0.2, 0.25) is 21.9 Å². The topological polar surface area (TPSA) is 111 Å². The standard InChI is InChI=1S/C23H28F2N6O4S/c1-36(32,33)29-15-6-8-16(9-7-15)35-20-14-19(27-23(28-20)30-10-12-34-13-11-30)31-18-5-3-2-4-17(18)26-22(31)21(24)25/h2-5,14-16,21,29H,6-13H2,1H3. The van der Waals surface area contributed by atoms with Crippen molar-refractivity contribution in [3.63, 3.8) is 0 Å². The van der Waals surface area contributed by atoms with E-state index in [-0.39, 0.29) is 23.8 Å². The lowest BCUT2D eigenvalue weighted by atomic mass is 9.94. The number of ether oxygens (including phenoxy) is 2. The fraction of sp³-hybridized carbons (Fsp3) is 0.522. The first-order valence-electron chi connectivity index (χ1n) is 11.9. The molecule has 0 bridgehead atoms. The minimum Gasteiger partial charge on any atom is -0.474 e. The lowest BCUT2D eigenvalue weighted by Crippen LogP contribution is -2.39. The first-order valence-corrected chi connectivity index (χ1v) is 13.8. The van der Waals surface area contributed by atoms with Crippen molar-refractivity contribution in [3.05, 3.63) is 36.2 Å². The van der Waals surface area contributed by atoms with Gasteiger partial charge in [-0.05, 0) is 37.8 Å². The lowest BCUT2D eigenvalue weighted by Gasteiger charge is -2.30. The van der Waals surface area contributed by atoms with Crippen LogP contribution in [-0.4, -0.2) is 72.6 Å². The molecule has 0 spiro atoms. The predicted octanol–water partition coefficient (Wildman–Crippen LogP) is 2.83. The van der Waals surface area contributed by atoms with Crippen LogP contribution in [0.25, 0.3) is 16.9 Å². The average Bonchev–Trinajstić information content (AvgIpc) is 3.25. The highest BCUT2D eigenvalue weighted by Crippen LogP contribution is 2.31. The van der Waals surface area contributed by atoms with Gasteiger partial charge in [0.1, 0.15) is 11.9 Å². The van der Waals surface area contributed by atoms with Crippen molar-refractivity contribution in [2.24, 2.45) is 0 Å². The van der Waals surface area contributed by atoms with E-state index in [9.17, 15) is 17.2 Å². The molecular formula is C23H28F2N6O4S. The van der Waals surface area contributed by atoms with E-state index in [1.807, 2.05) is 4.90 Å². The number of hydrogen-bond acceptors (Lipinski definition) is 8. The predicted molar refractivity (Wildman–Crippen MR) is 129 cm³/mol. The Morgan fingerprint density at radius 3 is 2.50 bits per heavy atom. The lowest BCUT2D eigenvalue weighted by molar-refractivity contribution is 0.121. The van der Waals surface area contributed by atoms with Crippen molar-refractivity contribution in [2.45, 2.75) is 44.3 Å².